The minimum Gasteiger partial charge on any atom is -0.493 e. The number of nitrogens with zero attached hydrogens (tertiary/aromatic N) is 2. The van der Waals surface area contributed by atoms with Crippen molar-refractivity contribution in [1.29, 1.82) is 0 Å². The van der Waals surface area contributed by atoms with Crippen LogP contribution < -0.4 is 9.47 Å². The zero-order valence-corrected chi connectivity index (χ0v) is 17.1. The topological polar surface area (TPSA) is 42.0 Å². The predicted molar refractivity (Wildman–Crippen MR) is 111 cm³/mol. The van der Waals surface area contributed by atoms with Crippen LogP contribution in [0.5, 0.6) is 11.5 Å². The van der Waals surface area contributed by atoms with Crippen molar-refractivity contribution in [3.8, 4) is 11.5 Å². The van der Waals surface area contributed by atoms with E-state index in [1.54, 1.807) is 32.4 Å². The molecule has 1 aliphatic heterocycles. The van der Waals surface area contributed by atoms with Crippen LogP contribution in [-0.4, -0.2) is 62.7 Å². The number of rotatable bonds is 7. The summed E-state index contributed by atoms with van der Waals surface area (Å²) in [4.78, 5) is 17.4. The molecule has 2 aromatic rings. The molecule has 1 heterocycles. The molecule has 1 fully saturated rings. The van der Waals surface area contributed by atoms with Crippen LogP contribution in [0.2, 0.25) is 0 Å². The zero-order valence-electron chi connectivity index (χ0n) is 17.1. The van der Waals surface area contributed by atoms with E-state index in [9.17, 15) is 4.79 Å². The maximum absolute atomic E-state index is 13.0. The van der Waals surface area contributed by atoms with Crippen molar-refractivity contribution >= 4 is 5.91 Å². The first kappa shape index (κ1) is 20.2. The lowest BCUT2D eigenvalue weighted by molar-refractivity contribution is 0.0619. The molecule has 0 aliphatic carbocycles. The molecule has 1 atom stereocenters. The molecule has 0 radical (unpaired) electrons. The molecular formula is C23H30N2O3. The fraction of sp³-hybridized carbons (Fsp3) is 0.435. The highest BCUT2D eigenvalue weighted by atomic mass is 16.5. The summed E-state index contributed by atoms with van der Waals surface area (Å²) in [6.45, 7) is 3.04. The average Bonchev–Trinajstić information content (AvgIpc) is 2.77. The summed E-state index contributed by atoms with van der Waals surface area (Å²) >= 11 is 0. The largest absolute Gasteiger partial charge is 0.493 e. The molecule has 1 amide bonds. The number of methoxy groups -OCH3 is 2. The zero-order chi connectivity index (χ0) is 19.9. The maximum Gasteiger partial charge on any atom is 0.254 e. The van der Waals surface area contributed by atoms with E-state index in [2.05, 4.69) is 35.2 Å². The Kier molecular flexibility index (Phi) is 6.93. The number of carbonyl (C=O) groups is 1. The van der Waals surface area contributed by atoms with Crippen molar-refractivity contribution < 1.29 is 14.3 Å². The molecule has 28 heavy (non-hydrogen) atoms. The Hall–Kier alpha value is -2.53. The summed E-state index contributed by atoms with van der Waals surface area (Å²) in [6, 6.07) is 16.1. The monoisotopic (exact) mass is 382 g/mol. The molecule has 1 aliphatic rings. The second kappa shape index (κ2) is 9.60. The molecule has 1 saturated heterocycles. The van der Waals surface area contributed by atoms with Gasteiger partial charge in [0, 0.05) is 31.7 Å². The third-order valence-electron chi connectivity index (χ3n) is 5.54. The molecule has 150 valence electrons. The van der Waals surface area contributed by atoms with Crippen molar-refractivity contribution in [2.75, 3.05) is 40.9 Å². The van der Waals surface area contributed by atoms with Crippen molar-refractivity contribution in [3.05, 3.63) is 59.7 Å². The summed E-state index contributed by atoms with van der Waals surface area (Å²) in [5, 5.41) is 0. The SMILES string of the molecule is COc1ccc(C(=O)N(C)C2CCCN(CCc3ccccc3)C2)cc1OC. The Morgan fingerprint density at radius 2 is 1.86 bits per heavy atom. The Balaban J connectivity index is 1.61. The molecule has 2 aromatic carbocycles. The molecule has 0 N–H and O–H groups in total. The lowest BCUT2D eigenvalue weighted by atomic mass is 10.0. The molecule has 3 rings (SSSR count). The molecule has 0 aromatic heterocycles. The summed E-state index contributed by atoms with van der Waals surface area (Å²) in [5.74, 6) is 1.23. The van der Waals surface area contributed by atoms with Gasteiger partial charge in [0.25, 0.3) is 5.91 Å². The van der Waals surface area contributed by atoms with E-state index < -0.39 is 0 Å². The first-order chi connectivity index (χ1) is 13.6. The van der Waals surface area contributed by atoms with Crippen molar-refractivity contribution in [2.24, 2.45) is 0 Å². The Bertz CT molecular complexity index is 779. The third-order valence-corrected chi connectivity index (χ3v) is 5.54. The Labute approximate surface area is 167 Å². The summed E-state index contributed by atoms with van der Waals surface area (Å²) < 4.78 is 10.6. The van der Waals surface area contributed by atoms with Gasteiger partial charge in [-0.15, -0.1) is 0 Å². The van der Waals surface area contributed by atoms with Crippen LogP contribution in [0, 0.1) is 0 Å². The quantitative estimate of drug-likeness (QED) is 0.735. The van der Waals surface area contributed by atoms with Crippen LogP contribution >= 0.6 is 0 Å². The van der Waals surface area contributed by atoms with E-state index in [-0.39, 0.29) is 11.9 Å². The van der Waals surface area contributed by atoms with E-state index in [0.29, 0.717) is 17.1 Å². The number of amides is 1. The van der Waals surface area contributed by atoms with Gasteiger partial charge in [0.2, 0.25) is 0 Å². The van der Waals surface area contributed by atoms with Crippen LogP contribution in [0.3, 0.4) is 0 Å². The number of ether oxygens (including phenoxy) is 2. The van der Waals surface area contributed by atoms with E-state index >= 15 is 0 Å². The van der Waals surface area contributed by atoms with Gasteiger partial charge in [-0.1, -0.05) is 30.3 Å². The second-order valence-corrected chi connectivity index (χ2v) is 7.32. The molecule has 0 saturated carbocycles. The van der Waals surface area contributed by atoms with E-state index in [0.717, 1.165) is 38.9 Å². The number of hydrogen-bond donors (Lipinski definition) is 0. The smallest absolute Gasteiger partial charge is 0.254 e. The van der Waals surface area contributed by atoms with Crippen molar-refractivity contribution in [2.45, 2.75) is 25.3 Å². The summed E-state index contributed by atoms with van der Waals surface area (Å²) in [5.41, 5.74) is 1.99. The second-order valence-electron chi connectivity index (χ2n) is 7.32. The van der Waals surface area contributed by atoms with E-state index in [1.807, 2.05) is 11.9 Å². The van der Waals surface area contributed by atoms with Gasteiger partial charge in [-0.2, -0.15) is 0 Å². The molecule has 5 heteroatoms. The highest BCUT2D eigenvalue weighted by molar-refractivity contribution is 5.95. The number of likely N-dealkylation sites (tertiary alicyclic amines) is 1. The normalized spacial score (nSPS) is 17.2. The van der Waals surface area contributed by atoms with Crippen molar-refractivity contribution in [1.82, 2.24) is 9.80 Å². The van der Waals surface area contributed by atoms with Gasteiger partial charge in [0.15, 0.2) is 11.5 Å². The number of carbonyl (C=O) groups excluding carboxylic acids is 1. The molecule has 0 bridgehead atoms. The van der Waals surface area contributed by atoms with Crippen molar-refractivity contribution in [3.63, 3.8) is 0 Å². The Morgan fingerprint density at radius 3 is 2.57 bits per heavy atom. The van der Waals surface area contributed by atoms with E-state index in [1.165, 1.54) is 5.56 Å². The van der Waals surface area contributed by atoms with Gasteiger partial charge in [-0.25, -0.2) is 0 Å². The number of benzene rings is 2. The minimum absolute atomic E-state index is 0.0239. The first-order valence-electron chi connectivity index (χ1n) is 9.88. The number of likely N-dealkylation sites (N-methyl/N-ethyl adjacent to an activating group) is 1. The highest BCUT2D eigenvalue weighted by Crippen LogP contribution is 2.28. The number of hydrogen-bond acceptors (Lipinski definition) is 4. The fourth-order valence-corrected chi connectivity index (χ4v) is 3.82. The van der Waals surface area contributed by atoms with Gasteiger partial charge in [0.05, 0.1) is 14.2 Å². The van der Waals surface area contributed by atoms with Gasteiger partial charge < -0.3 is 19.3 Å². The molecule has 0 spiro atoms. The van der Waals surface area contributed by atoms with Gasteiger partial charge >= 0.3 is 0 Å². The Morgan fingerprint density at radius 1 is 1.11 bits per heavy atom. The van der Waals surface area contributed by atoms with Crippen LogP contribution in [0.4, 0.5) is 0 Å². The van der Waals surface area contributed by atoms with Gasteiger partial charge in [-0.05, 0) is 49.6 Å². The third kappa shape index (κ3) is 4.84. The lowest BCUT2D eigenvalue weighted by Crippen LogP contribution is -2.49. The average molecular weight is 383 g/mol. The van der Waals surface area contributed by atoms with E-state index in [4.69, 9.17) is 9.47 Å². The minimum atomic E-state index is 0.0239. The van der Waals surface area contributed by atoms with Crippen LogP contribution in [0.25, 0.3) is 0 Å². The maximum atomic E-state index is 13.0. The van der Waals surface area contributed by atoms with Crippen LogP contribution in [-0.2, 0) is 6.42 Å². The van der Waals surface area contributed by atoms with Gasteiger partial charge in [-0.3, -0.25) is 4.79 Å². The molecule has 5 nitrogen and oxygen atoms in total. The predicted octanol–water partition coefficient (Wildman–Crippen LogP) is 3.48. The summed E-state index contributed by atoms with van der Waals surface area (Å²) in [6.07, 6.45) is 3.20. The number of piperidine rings is 1. The first-order valence-corrected chi connectivity index (χ1v) is 9.88. The lowest BCUT2D eigenvalue weighted by Gasteiger charge is -2.37. The van der Waals surface area contributed by atoms with Gasteiger partial charge in [0.1, 0.15) is 0 Å². The molecular weight excluding hydrogens is 352 g/mol. The standard InChI is InChI=1S/C23H30N2O3/c1-24(23(26)19-11-12-21(27-2)22(16-19)28-3)20-10-7-14-25(17-20)15-13-18-8-5-4-6-9-18/h4-6,8-9,11-12,16,20H,7,10,13-15,17H2,1-3H3. The highest BCUT2D eigenvalue weighted by Gasteiger charge is 2.27. The fourth-order valence-electron chi connectivity index (χ4n) is 3.82. The summed E-state index contributed by atoms with van der Waals surface area (Å²) in [7, 11) is 5.09. The van der Waals surface area contributed by atoms with Crippen LogP contribution in [0.1, 0.15) is 28.8 Å². The molecule has 1 unspecified atom stereocenters. The van der Waals surface area contributed by atoms with Crippen LogP contribution in [0.15, 0.2) is 48.5 Å².